The number of benzene rings is 1. The van der Waals surface area contributed by atoms with Crippen molar-refractivity contribution in [1.82, 2.24) is 0 Å². The van der Waals surface area contributed by atoms with Crippen molar-refractivity contribution in [3.8, 4) is 0 Å². The first-order chi connectivity index (χ1) is 9.34. The SMILES string of the molecule is CCc1ccsc1C(O)c1ccc(F)c(C(F)(F)F)c1. The van der Waals surface area contributed by atoms with Crippen LogP contribution in [0.1, 0.15) is 34.6 Å². The van der Waals surface area contributed by atoms with Crippen LogP contribution >= 0.6 is 11.3 Å². The highest BCUT2D eigenvalue weighted by Gasteiger charge is 2.34. The number of hydrogen-bond acceptors (Lipinski definition) is 2. The molecule has 1 nitrogen and oxygen atoms in total. The smallest absolute Gasteiger partial charge is 0.383 e. The molecule has 0 spiro atoms. The van der Waals surface area contributed by atoms with Gasteiger partial charge in [-0.05, 0) is 41.1 Å². The van der Waals surface area contributed by atoms with Gasteiger partial charge in [0.25, 0.3) is 0 Å². The van der Waals surface area contributed by atoms with Crippen LogP contribution in [0.3, 0.4) is 0 Å². The number of aliphatic hydroxyl groups excluding tert-OH is 1. The summed E-state index contributed by atoms with van der Waals surface area (Å²) < 4.78 is 51.2. The highest BCUT2D eigenvalue weighted by Crippen LogP contribution is 2.35. The highest BCUT2D eigenvalue weighted by molar-refractivity contribution is 7.10. The molecule has 6 heteroatoms. The summed E-state index contributed by atoms with van der Waals surface area (Å²) in [6.45, 7) is 1.89. The lowest BCUT2D eigenvalue weighted by Crippen LogP contribution is -2.10. The number of rotatable bonds is 3. The summed E-state index contributed by atoms with van der Waals surface area (Å²) in [6.07, 6.45) is -5.28. The van der Waals surface area contributed by atoms with Gasteiger partial charge in [0.2, 0.25) is 0 Å². The molecule has 0 fully saturated rings. The number of halogens is 4. The molecule has 1 unspecified atom stereocenters. The fourth-order valence-electron chi connectivity index (χ4n) is 1.96. The molecule has 20 heavy (non-hydrogen) atoms. The fraction of sp³-hybridized carbons (Fsp3) is 0.286. The minimum atomic E-state index is -4.77. The molecule has 0 aliphatic heterocycles. The molecule has 0 amide bonds. The van der Waals surface area contributed by atoms with Crippen LogP contribution in [0.2, 0.25) is 0 Å². The van der Waals surface area contributed by atoms with Crippen molar-refractivity contribution in [2.45, 2.75) is 25.6 Å². The molecule has 108 valence electrons. The maximum atomic E-state index is 13.2. The number of hydrogen-bond donors (Lipinski definition) is 1. The zero-order valence-corrected chi connectivity index (χ0v) is 11.4. The van der Waals surface area contributed by atoms with E-state index in [4.69, 9.17) is 0 Å². The Balaban J connectivity index is 2.43. The number of aliphatic hydroxyl groups is 1. The highest BCUT2D eigenvalue weighted by atomic mass is 32.1. The summed E-state index contributed by atoms with van der Waals surface area (Å²) in [5.41, 5.74) is -0.445. The van der Waals surface area contributed by atoms with Crippen molar-refractivity contribution < 1.29 is 22.7 Å². The van der Waals surface area contributed by atoms with Gasteiger partial charge in [0, 0.05) is 4.88 Å². The molecular weight excluding hydrogens is 292 g/mol. The summed E-state index contributed by atoms with van der Waals surface area (Å²) in [5, 5.41) is 12.0. The van der Waals surface area contributed by atoms with Crippen LogP contribution < -0.4 is 0 Å². The molecule has 1 heterocycles. The van der Waals surface area contributed by atoms with Gasteiger partial charge in [0.1, 0.15) is 11.9 Å². The second kappa shape index (κ2) is 5.54. The van der Waals surface area contributed by atoms with Crippen LogP contribution in [0.5, 0.6) is 0 Å². The molecule has 1 atom stereocenters. The van der Waals surface area contributed by atoms with E-state index < -0.39 is 23.7 Å². The summed E-state index contributed by atoms with van der Waals surface area (Å²) in [5.74, 6) is -1.34. The van der Waals surface area contributed by atoms with Gasteiger partial charge in [-0.25, -0.2) is 4.39 Å². The van der Waals surface area contributed by atoms with Gasteiger partial charge >= 0.3 is 6.18 Å². The van der Waals surface area contributed by atoms with Crippen LogP contribution in [0.4, 0.5) is 17.6 Å². The molecule has 0 bridgehead atoms. The van der Waals surface area contributed by atoms with Crippen LogP contribution in [-0.4, -0.2) is 5.11 Å². The zero-order valence-electron chi connectivity index (χ0n) is 10.5. The second-order valence-corrected chi connectivity index (χ2v) is 5.25. The molecule has 2 aromatic rings. The van der Waals surface area contributed by atoms with Gasteiger partial charge in [-0.15, -0.1) is 11.3 Å². The normalized spacial score (nSPS) is 13.5. The summed E-state index contributed by atoms with van der Waals surface area (Å²) in [4.78, 5) is 0.590. The monoisotopic (exact) mass is 304 g/mol. The maximum absolute atomic E-state index is 13.2. The van der Waals surface area contributed by atoms with Gasteiger partial charge in [-0.2, -0.15) is 13.2 Å². The Morgan fingerprint density at radius 2 is 1.95 bits per heavy atom. The summed E-state index contributed by atoms with van der Waals surface area (Å²) in [6, 6.07) is 4.39. The molecule has 0 aliphatic rings. The Labute approximate surface area is 117 Å². The molecule has 0 saturated heterocycles. The van der Waals surface area contributed by atoms with Gasteiger partial charge in [0.05, 0.1) is 5.56 Å². The molecular formula is C14H12F4OS. The lowest BCUT2D eigenvalue weighted by atomic mass is 10.0. The quantitative estimate of drug-likeness (QED) is 0.825. The lowest BCUT2D eigenvalue weighted by Gasteiger charge is -2.14. The van der Waals surface area contributed by atoms with E-state index >= 15 is 0 Å². The fourth-order valence-corrected chi connectivity index (χ4v) is 2.97. The van der Waals surface area contributed by atoms with Crippen LogP contribution in [0, 0.1) is 5.82 Å². The van der Waals surface area contributed by atoms with Crippen LogP contribution in [-0.2, 0) is 12.6 Å². The Kier molecular flexibility index (Phi) is 4.15. The van der Waals surface area contributed by atoms with Crippen LogP contribution in [0.25, 0.3) is 0 Å². The minimum Gasteiger partial charge on any atom is -0.383 e. The van der Waals surface area contributed by atoms with E-state index in [1.807, 2.05) is 13.0 Å². The van der Waals surface area contributed by atoms with E-state index in [1.54, 1.807) is 5.38 Å². The summed E-state index contributed by atoms with van der Waals surface area (Å²) >= 11 is 1.27. The first-order valence-electron chi connectivity index (χ1n) is 5.95. The molecule has 0 saturated carbocycles. The molecule has 0 aliphatic carbocycles. The van der Waals surface area contributed by atoms with Crippen molar-refractivity contribution >= 4 is 11.3 Å². The Hall–Kier alpha value is -1.40. The largest absolute Gasteiger partial charge is 0.419 e. The van der Waals surface area contributed by atoms with Crippen molar-refractivity contribution in [3.05, 3.63) is 57.0 Å². The predicted octanol–water partition coefficient (Wildman–Crippen LogP) is 4.55. The molecule has 1 aromatic carbocycles. The minimum absolute atomic E-state index is 0.0378. The van der Waals surface area contributed by atoms with E-state index in [9.17, 15) is 22.7 Å². The van der Waals surface area contributed by atoms with E-state index in [-0.39, 0.29) is 5.56 Å². The molecule has 0 radical (unpaired) electrons. The van der Waals surface area contributed by atoms with Gasteiger partial charge < -0.3 is 5.11 Å². The van der Waals surface area contributed by atoms with Crippen molar-refractivity contribution in [2.24, 2.45) is 0 Å². The summed E-state index contributed by atoms with van der Waals surface area (Å²) in [7, 11) is 0. The third kappa shape index (κ3) is 2.86. The van der Waals surface area contributed by atoms with E-state index in [0.717, 1.165) is 11.6 Å². The van der Waals surface area contributed by atoms with Crippen molar-refractivity contribution in [3.63, 3.8) is 0 Å². The Bertz CT molecular complexity index is 603. The number of aryl methyl sites for hydroxylation is 1. The molecule has 1 aromatic heterocycles. The number of alkyl halides is 3. The van der Waals surface area contributed by atoms with E-state index in [0.29, 0.717) is 17.4 Å². The van der Waals surface area contributed by atoms with Crippen LogP contribution in [0.15, 0.2) is 29.6 Å². The standard InChI is InChI=1S/C14H12F4OS/c1-2-8-5-6-20-13(8)12(19)9-3-4-11(15)10(7-9)14(16,17)18/h3-7,12,19H,2H2,1H3. The zero-order chi connectivity index (χ0) is 14.9. The molecule has 1 N–H and O–H groups in total. The average molecular weight is 304 g/mol. The lowest BCUT2D eigenvalue weighted by molar-refractivity contribution is -0.140. The van der Waals surface area contributed by atoms with E-state index in [2.05, 4.69) is 0 Å². The second-order valence-electron chi connectivity index (χ2n) is 4.30. The van der Waals surface area contributed by atoms with Crippen molar-refractivity contribution in [2.75, 3.05) is 0 Å². The van der Waals surface area contributed by atoms with Gasteiger partial charge in [-0.1, -0.05) is 13.0 Å². The first kappa shape index (κ1) is 15.0. The maximum Gasteiger partial charge on any atom is 0.419 e. The third-order valence-corrected chi connectivity index (χ3v) is 4.03. The average Bonchev–Trinajstić information content (AvgIpc) is 2.85. The van der Waals surface area contributed by atoms with Gasteiger partial charge in [-0.3, -0.25) is 0 Å². The number of thiophene rings is 1. The Morgan fingerprint density at radius 3 is 2.55 bits per heavy atom. The predicted molar refractivity (Wildman–Crippen MR) is 69.2 cm³/mol. The topological polar surface area (TPSA) is 20.2 Å². The first-order valence-corrected chi connectivity index (χ1v) is 6.83. The Morgan fingerprint density at radius 1 is 1.25 bits per heavy atom. The molecule has 2 rings (SSSR count). The van der Waals surface area contributed by atoms with E-state index in [1.165, 1.54) is 17.4 Å². The van der Waals surface area contributed by atoms with Gasteiger partial charge in [0.15, 0.2) is 0 Å². The third-order valence-electron chi connectivity index (χ3n) is 3.02. The van der Waals surface area contributed by atoms with Crippen molar-refractivity contribution in [1.29, 1.82) is 0 Å².